The van der Waals surface area contributed by atoms with E-state index in [2.05, 4.69) is 17.4 Å². The van der Waals surface area contributed by atoms with Crippen LogP contribution < -0.4 is 0 Å². The van der Waals surface area contributed by atoms with Crippen LogP contribution in [-0.4, -0.2) is 18.1 Å². The smallest absolute Gasteiger partial charge is 0.140 e. The predicted octanol–water partition coefficient (Wildman–Crippen LogP) is 2.59. The maximum absolute atomic E-state index is 10.9. The van der Waals surface area contributed by atoms with E-state index in [4.69, 9.17) is 4.52 Å². The van der Waals surface area contributed by atoms with E-state index in [1.807, 2.05) is 13.8 Å². The quantitative estimate of drug-likeness (QED) is 0.806. The van der Waals surface area contributed by atoms with Gasteiger partial charge in [-0.25, -0.2) is 0 Å². The molecule has 0 N–H and O–H groups in total. The third kappa shape index (κ3) is 5.76. The summed E-state index contributed by atoms with van der Waals surface area (Å²) in [5.41, 5.74) is 1.92. The van der Waals surface area contributed by atoms with Gasteiger partial charge in [0.15, 0.2) is 0 Å². The number of rotatable bonds is 3. The summed E-state index contributed by atoms with van der Waals surface area (Å²) in [5, 5.41) is 7.34. The molecule has 4 nitrogen and oxygen atoms in total. The number of hydrogen-bond donors (Lipinski definition) is 0. The minimum Gasteiger partial charge on any atom is -0.656 e. The zero-order chi connectivity index (χ0) is 11.8. The van der Waals surface area contributed by atoms with Crippen molar-refractivity contribution in [3.63, 3.8) is 0 Å². The van der Waals surface area contributed by atoms with E-state index in [0.717, 1.165) is 17.0 Å². The second-order valence-electron chi connectivity index (χ2n) is 2.93. The Labute approximate surface area is 122 Å². The van der Waals surface area contributed by atoms with E-state index in [1.54, 1.807) is 6.92 Å². The van der Waals surface area contributed by atoms with Gasteiger partial charge >= 0.3 is 0 Å². The molecule has 0 unspecified atom stereocenters. The van der Waals surface area contributed by atoms with Crippen LogP contribution in [0, 0.1) is 20.8 Å². The van der Waals surface area contributed by atoms with Gasteiger partial charge in [0.1, 0.15) is 5.76 Å². The van der Waals surface area contributed by atoms with E-state index in [-0.39, 0.29) is 38.6 Å². The second kappa shape index (κ2) is 9.97. The average Bonchev–Trinajstić information content (AvgIpc) is 2.59. The van der Waals surface area contributed by atoms with E-state index < -0.39 is 0 Å². The van der Waals surface area contributed by atoms with Crippen LogP contribution in [0.3, 0.4) is 0 Å². The van der Waals surface area contributed by atoms with Crippen molar-refractivity contribution in [1.29, 1.82) is 0 Å². The summed E-state index contributed by atoms with van der Waals surface area (Å²) in [6.07, 6.45) is 0.981. The van der Waals surface area contributed by atoms with Gasteiger partial charge in [-0.15, -0.1) is 7.05 Å². The molecule has 0 aromatic carbocycles. The monoisotopic (exact) mass is 299 g/mol. The van der Waals surface area contributed by atoms with Crippen molar-refractivity contribution in [3.05, 3.63) is 29.3 Å². The largest absolute Gasteiger partial charge is 0.656 e. The molecule has 5 heteroatoms. The Morgan fingerprint density at radius 2 is 2.00 bits per heavy atom. The first kappa shape index (κ1) is 18.2. The predicted molar refractivity (Wildman–Crippen MR) is 59.6 cm³/mol. The normalized spacial score (nSPS) is 8.56. The minimum atomic E-state index is -0.103. The Bertz CT molecular complexity index is 311. The summed E-state index contributed by atoms with van der Waals surface area (Å²) in [6, 6.07) is 0. The number of hydrogen-bond acceptors (Lipinski definition) is 3. The zero-order valence-corrected chi connectivity index (χ0v) is 13.2. The topological polar surface area (TPSA) is 57.2 Å². The fourth-order valence-corrected chi connectivity index (χ4v) is 1.03. The number of amides is 1. The first-order valence-electron chi connectivity index (χ1n) is 4.90. The average molecular weight is 299 g/mol. The van der Waals surface area contributed by atoms with Crippen LogP contribution in [0.2, 0.25) is 0 Å². The van der Waals surface area contributed by atoms with Crippen LogP contribution in [0.4, 0.5) is 0 Å². The van der Waals surface area contributed by atoms with Crippen molar-refractivity contribution in [2.24, 2.45) is 0 Å². The van der Waals surface area contributed by atoms with Gasteiger partial charge < -0.3 is 21.6 Å². The fourth-order valence-electron chi connectivity index (χ4n) is 1.03. The Balaban J connectivity index is 0. The molecule has 1 aromatic heterocycles. The van der Waals surface area contributed by atoms with Crippen LogP contribution in [0.15, 0.2) is 4.52 Å². The molecule has 1 radical (unpaired) electrons. The molecular weight excluding hydrogens is 281 g/mol. The molecule has 0 spiro atoms. The summed E-state index contributed by atoms with van der Waals surface area (Å²) in [4.78, 5) is 10.9. The van der Waals surface area contributed by atoms with Crippen molar-refractivity contribution in [2.75, 3.05) is 7.05 Å². The molecule has 0 fully saturated rings. The summed E-state index contributed by atoms with van der Waals surface area (Å²) in [6.45, 7) is 8.82. The molecule has 0 aliphatic heterocycles. The Hall–Kier alpha value is -0.216. The summed E-state index contributed by atoms with van der Waals surface area (Å²) in [7, 11) is 1.50. The van der Waals surface area contributed by atoms with Crippen molar-refractivity contribution in [1.82, 2.24) is 5.16 Å². The van der Waals surface area contributed by atoms with Crippen LogP contribution in [0.5, 0.6) is 0 Å². The van der Waals surface area contributed by atoms with Gasteiger partial charge in [0, 0.05) is 44.7 Å². The third-order valence-corrected chi connectivity index (χ3v) is 2.07. The van der Waals surface area contributed by atoms with Crippen molar-refractivity contribution in [2.45, 2.75) is 33.6 Å². The maximum Gasteiger partial charge on any atom is 0.140 e. The molecular formula is C11H18N2O2Y-2. The molecule has 1 heterocycles. The number of carbonyl (C=O) groups excluding carboxylic acids is 1. The molecule has 16 heavy (non-hydrogen) atoms. The van der Waals surface area contributed by atoms with E-state index >= 15 is 0 Å². The first-order chi connectivity index (χ1) is 7.15. The van der Waals surface area contributed by atoms with Crippen LogP contribution in [0.25, 0.3) is 5.32 Å². The van der Waals surface area contributed by atoms with Crippen molar-refractivity contribution < 1.29 is 42.0 Å². The Morgan fingerprint density at radius 3 is 2.38 bits per heavy atom. The van der Waals surface area contributed by atoms with Gasteiger partial charge in [-0.2, -0.15) is 6.92 Å². The van der Waals surface area contributed by atoms with Crippen molar-refractivity contribution >= 4 is 5.91 Å². The molecule has 1 aromatic rings. The number of nitrogens with zero attached hydrogens (tertiary/aromatic N) is 2. The van der Waals surface area contributed by atoms with Gasteiger partial charge in [-0.3, -0.25) is 0 Å². The first-order valence-corrected chi connectivity index (χ1v) is 4.90. The van der Waals surface area contributed by atoms with Crippen LogP contribution in [-0.2, 0) is 43.9 Å². The molecule has 0 saturated carbocycles. The van der Waals surface area contributed by atoms with Gasteiger partial charge in [-0.1, -0.05) is 5.16 Å². The SMILES string of the molecule is C[N-]C(=O)CCc1onc(C)c1C.[CH2-]C.[Y]. The molecule has 0 atom stereocenters. The van der Waals surface area contributed by atoms with E-state index in [1.165, 1.54) is 7.05 Å². The zero-order valence-electron chi connectivity index (χ0n) is 10.4. The molecule has 0 saturated heterocycles. The fraction of sp³-hybridized carbons (Fsp3) is 0.545. The standard InChI is InChI=1S/C9H14N2O2.C2H5.Y/c1-6-7(2)11-13-8(6)4-5-9(12)10-3;1-2;/h4-5H2,1-3H3,(H,10,12);1H2,2H3;/q;-1;/p-1. The molecule has 89 valence electrons. The van der Waals surface area contributed by atoms with E-state index in [9.17, 15) is 4.79 Å². The molecule has 0 bridgehead atoms. The van der Waals surface area contributed by atoms with Crippen LogP contribution >= 0.6 is 0 Å². The van der Waals surface area contributed by atoms with Gasteiger partial charge in [-0.05, 0) is 20.3 Å². The summed E-state index contributed by atoms with van der Waals surface area (Å²) < 4.78 is 5.05. The summed E-state index contributed by atoms with van der Waals surface area (Å²) >= 11 is 0. The number of aromatic nitrogens is 1. The Morgan fingerprint density at radius 1 is 1.44 bits per heavy atom. The van der Waals surface area contributed by atoms with Crippen molar-refractivity contribution in [3.8, 4) is 0 Å². The molecule has 1 amide bonds. The Kier molecular flexibility index (Phi) is 11.3. The molecule has 0 aliphatic rings. The minimum absolute atomic E-state index is 0. The third-order valence-electron chi connectivity index (χ3n) is 2.07. The van der Waals surface area contributed by atoms with Crippen LogP contribution in [0.1, 0.15) is 30.4 Å². The number of carbonyl (C=O) groups is 1. The second-order valence-corrected chi connectivity index (χ2v) is 2.93. The molecule has 0 aliphatic carbocycles. The maximum atomic E-state index is 10.9. The molecule has 1 rings (SSSR count). The van der Waals surface area contributed by atoms with Gasteiger partial charge in [0.25, 0.3) is 0 Å². The van der Waals surface area contributed by atoms with E-state index in [0.29, 0.717) is 12.8 Å². The van der Waals surface area contributed by atoms with Gasteiger partial charge in [0.05, 0.1) is 11.6 Å². The summed E-state index contributed by atoms with van der Waals surface area (Å²) in [5.74, 6) is 0.683. The van der Waals surface area contributed by atoms with Gasteiger partial charge in [0.2, 0.25) is 0 Å². The number of aryl methyl sites for hydroxylation is 2.